The maximum absolute atomic E-state index is 12.5. The Labute approximate surface area is 225 Å². The van der Waals surface area contributed by atoms with Gasteiger partial charge in [-0.25, -0.2) is 0 Å². The van der Waals surface area contributed by atoms with Crippen LogP contribution in [0.3, 0.4) is 0 Å². The van der Waals surface area contributed by atoms with Gasteiger partial charge in [0, 0.05) is 47.2 Å². The van der Waals surface area contributed by atoms with Crippen molar-refractivity contribution < 1.29 is 9.53 Å². The number of nitrogens with two attached hydrogens (primary N) is 1. The van der Waals surface area contributed by atoms with Crippen LogP contribution in [0.4, 0.5) is 5.69 Å². The van der Waals surface area contributed by atoms with E-state index in [4.69, 9.17) is 10.5 Å². The van der Waals surface area contributed by atoms with Gasteiger partial charge < -0.3 is 20.4 Å². The number of nitrogens with one attached hydrogen (secondary N) is 1. The maximum Gasteiger partial charge on any atom is 0.224 e. The molecule has 0 aliphatic heterocycles. The van der Waals surface area contributed by atoms with E-state index in [-0.39, 0.29) is 24.4 Å². The standard InChI is InChI=1S/C31H35N3O2.ClH/c1-3-29(35)33-27-18-17-24(22-13-15-23(32)16-14-22)31(36-2)30(27)26-20-34(19-21-9-5-4-6-10-21)28-12-8-7-11-25(26)28;/h4-12,17-18,20,22-23H,3,13-16,19,32H2,1-2H3,(H,33,35);1H. The first kappa shape index (κ1) is 26.8. The summed E-state index contributed by atoms with van der Waals surface area (Å²) in [7, 11) is 1.74. The molecule has 3 N–H and O–H groups in total. The van der Waals surface area contributed by atoms with Gasteiger partial charge in [-0.2, -0.15) is 0 Å². The molecule has 1 amide bonds. The summed E-state index contributed by atoms with van der Waals surface area (Å²) in [6.07, 6.45) is 6.76. The van der Waals surface area contributed by atoms with E-state index in [1.165, 1.54) is 11.1 Å². The predicted molar refractivity (Wildman–Crippen MR) is 155 cm³/mol. The number of para-hydroxylation sites is 1. The molecule has 1 fully saturated rings. The molecular weight excluding hydrogens is 482 g/mol. The Morgan fingerprint density at radius 1 is 1.00 bits per heavy atom. The number of anilines is 1. The predicted octanol–water partition coefficient (Wildman–Crippen LogP) is 7.12. The third kappa shape index (κ3) is 5.53. The molecule has 0 radical (unpaired) electrons. The highest BCUT2D eigenvalue weighted by Gasteiger charge is 2.27. The molecule has 0 unspecified atom stereocenters. The molecule has 1 aliphatic rings. The highest BCUT2D eigenvalue weighted by Crippen LogP contribution is 2.47. The van der Waals surface area contributed by atoms with Crippen LogP contribution in [0, 0.1) is 0 Å². The van der Waals surface area contributed by atoms with Gasteiger partial charge in [-0.15, -0.1) is 12.4 Å². The number of nitrogens with zero attached hydrogens (tertiary/aromatic N) is 1. The summed E-state index contributed by atoms with van der Waals surface area (Å²) in [4.78, 5) is 12.5. The van der Waals surface area contributed by atoms with Gasteiger partial charge in [-0.05, 0) is 54.9 Å². The summed E-state index contributed by atoms with van der Waals surface area (Å²) in [6, 6.07) is 23.4. The van der Waals surface area contributed by atoms with Crippen LogP contribution in [0.1, 0.15) is 56.1 Å². The van der Waals surface area contributed by atoms with Crippen molar-refractivity contribution in [3.63, 3.8) is 0 Å². The van der Waals surface area contributed by atoms with E-state index in [9.17, 15) is 4.79 Å². The second kappa shape index (κ2) is 11.8. The molecule has 0 saturated heterocycles. The number of hydrogen-bond donors (Lipinski definition) is 2. The second-order valence-electron chi connectivity index (χ2n) is 9.80. The number of benzene rings is 3. The van der Waals surface area contributed by atoms with E-state index in [1.54, 1.807) is 7.11 Å². The molecule has 1 saturated carbocycles. The van der Waals surface area contributed by atoms with Gasteiger partial charge >= 0.3 is 0 Å². The van der Waals surface area contributed by atoms with Crippen LogP contribution in [0.5, 0.6) is 5.75 Å². The van der Waals surface area contributed by atoms with Crippen LogP contribution in [0.25, 0.3) is 22.0 Å². The zero-order valence-electron chi connectivity index (χ0n) is 21.6. The summed E-state index contributed by atoms with van der Waals surface area (Å²) >= 11 is 0. The zero-order chi connectivity index (χ0) is 25.1. The Morgan fingerprint density at radius 2 is 1.70 bits per heavy atom. The molecule has 4 aromatic rings. The largest absolute Gasteiger partial charge is 0.496 e. The van der Waals surface area contributed by atoms with E-state index in [0.717, 1.165) is 65.7 Å². The first-order valence-corrected chi connectivity index (χ1v) is 13.0. The Morgan fingerprint density at radius 3 is 2.41 bits per heavy atom. The Bertz CT molecular complexity index is 1360. The van der Waals surface area contributed by atoms with Gasteiger partial charge in [-0.3, -0.25) is 4.79 Å². The molecule has 37 heavy (non-hydrogen) atoms. The molecular formula is C31H36ClN3O2. The first-order valence-electron chi connectivity index (χ1n) is 13.0. The average molecular weight is 518 g/mol. The number of aromatic nitrogens is 1. The van der Waals surface area contributed by atoms with Gasteiger partial charge in [0.05, 0.1) is 12.8 Å². The molecule has 0 spiro atoms. The molecule has 3 aromatic carbocycles. The van der Waals surface area contributed by atoms with Crippen molar-refractivity contribution in [1.29, 1.82) is 0 Å². The van der Waals surface area contributed by atoms with Gasteiger partial charge in [-0.1, -0.05) is 61.5 Å². The minimum Gasteiger partial charge on any atom is -0.496 e. The summed E-state index contributed by atoms with van der Waals surface area (Å²) in [6.45, 7) is 2.64. The fourth-order valence-corrected chi connectivity index (χ4v) is 5.54. The van der Waals surface area contributed by atoms with Crippen LogP contribution < -0.4 is 15.8 Å². The normalized spacial score (nSPS) is 17.3. The van der Waals surface area contributed by atoms with Gasteiger partial charge in [0.2, 0.25) is 5.91 Å². The van der Waals surface area contributed by atoms with Gasteiger partial charge in [0.15, 0.2) is 0 Å². The Hall–Kier alpha value is -3.28. The Kier molecular flexibility index (Phi) is 8.57. The molecule has 6 heteroatoms. The molecule has 0 bridgehead atoms. The van der Waals surface area contributed by atoms with Crippen LogP contribution in [-0.2, 0) is 11.3 Å². The number of ether oxygens (including phenoxy) is 1. The van der Waals surface area contributed by atoms with E-state index >= 15 is 0 Å². The minimum absolute atomic E-state index is 0. The van der Waals surface area contributed by atoms with Gasteiger partial charge in [0.1, 0.15) is 5.75 Å². The molecule has 5 rings (SSSR count). The lowest BCUT2D eigenvalue weighted by molar-refractivity contribution is -0.115. The molecule has 1 aliphatic carbocycles. The van der Waals surface area contributed by atoms with Crippen molar-refractivity contribution in [2.24, 2.45) is 5.73 Å². The highest BCUT2D eigenvalue weighted by molar-refractivity contribution is 6.04. The second-order valence-corrected chi connectivity index (χ2v) is 9.80. The quantitative estimate of drug-likeness (QED) is 0.274. The molecule has 194 valence electrons. The fraction of sp³-hybridized carbons (Fsp3) is 0.323. The van der Waals surface area contributed by atoms with Crippen LogP contribution in [-0.4, -0.2) is 23.6 Å². The summed E-state index contributed by atoms with van der Waals surface area (Å²) < 4.78 is 8.44. The van der Waals surface area contributed by atoms with E-state index in [1.807, 2.05) is 13.0 Å². The minimum atomic E-state index is -0.0114. The molecule has 1 heterocycles. The maximum atomic E-state index is 12.5. The Balaban J connectivity index is 0.00000320. The lowest BCUT2D eigenvalue weighted by Crippen LogP contribution is -2.26. The summed E-state index contributed by atoms with van der Waals surface area (Å²) in [5.74, 6) is 1.24. The first-order chi connectivity index (χ1) is 17.6. The number of carbonyl (C=O) groups excluding carboxylic acids is 1. The average Bonchev–Trinajstić information content (AvgIpc) is 3.27. The summed E-state index contributed by atoms with van der Waals surface area (Å²) in [5.41, 5.74) is 12.6. The number of methoxy groups -OCH3 is 1. The van der Waals surface area contributed by atoms with E-state index < -0.39 is 0 Å². The third-order valence-corrected chi connectivity index (χ3v) is 7.45. The van der Waals surface area contributed by atoms with Crippen LogP contribution in [0.2, 0.25) is 0 Å². The van der Waals surface area contributed by atoms with E-state index in [0.29, 0.717) is 12.3 Å². The van der Waals surface area contributed by atoms with Crippen molar-refractivity contribution in [2.75, 3.05) is 12.4 Å². The van der Waals surface area contributed by atoms with Crippen molar-refractivity contribution in [3.05, 3.63) is 84.1 Å². The SMILES string of the molecule is CCC(=O)Nc1ccc(C2CCC(N)CC2)c(OC)c1-c1cn(Cc2ccccc2)c2ccccc12.Cl. The monoisotopic (exact) mass is 517 g/mol. The lowest BCUT2D eigenvalue weighted by atomic mass is 9.80. The molecule has 1 aromatic heterocycles. The third-order valence-electron chi connectivity index (χ3n) is 7.45. The highest BCUT2D eigenvalue weighted by atomic mass is 35.5. The fourth-order valence-electron chi connectivity index (χ4n) is 5.54. The zero-order valence-corrected chi connectivity index (χ0v) is 22.4. The number of halogens is 1. The summed E-state index contributed by atoms with van der Waals surface area (Å²) in [5, 5.41) is 4.29. The van der Waals surface area contributed by atoms with Crippen molar-refractivity contribution in [3.8, 4) is 16.9 Å². The van der Waals surface area contributed by atoms with Gasteiger partial charge in [0.25, 0.3) is 0 Å². The van der Waals surface area contributed by atoms with Crippen molar-refractivity contribution >= 4 is 34.9 Å². The smallest absolute Gasteiger partial charge is 0.224 e. The number of carbonyl (C=O) groups is 1. The lowest BCUT2D eigenvalue weighted by Gasteiger charge is -2.29. The van der Waals surface area contributed by atoms with Crippen molar-refractivity contribution in [2.45, 2.75) is 57.5 Å². The number of rotatable bonds is 7. The topological polar surface area (TPSA) is 69.3 Å². The molecule has 5 nitrogen and oxygen atoms in total. The van der Waals surface area contributed by atoms with Crippen LogP contribution >= 0.6 is 12.4 Å². The number of amides is 1. The number of hydrogen-bond acceptors (Lipinski definition) is 3. The van der Waals surface area contributed by atoms with Crippen LogP contribution in [0.15, 0.2) is 72.9 Å². The van der Waals surface area contributed by atoms with E-state index in [2.05, 4.69) is 76.7 Å². The molecule has 0 atom stereocenters. The number of fused-ring (bicyclic) bond motifs is 1. The van der Waals surface area contributed by atoms with Crippen molar-refractivity contribution in [1.82, 2.24) is 4.57 Å².